The number of nitrogens with zero attached hydrogens (tertiary/aromatic N) is 4. The molecule has 1 heterocycles. The average molecular weight is 271 g/mol. The van der Waals surface area contributed by atoms with Crippen molar-refractivity contribution in [3.8, 4) is 6.07 Å². The van der Waals surface area contributed by atoms with Crippen molar-refractivity contribution < 1.29 is 0 Å². The Morgan fingerprint density at radius 3 is 2.67 bits per heavy atom. The second-order valence-corrected chi connectivity index (χ2v) is 5.27. The fraction of sp³-hybridized carbons (Fsp3) is 0.700. The fourth-order valence-corrected chi connectivity index (χ4v) is 2.39. The van der Waals surface area contributed by atoms with E-state index in [-0.39, 0.29) is 11.2 Å². The molecule has 0 aliphatic rings. The number of alkyl halides is 1. The Bertz CT molecular complexity index is 358. The molecule has 1 rings (SSSR count). The summed E-state index contributed by atoms with van der Waals surface area (Å²) < 4.78 is 1.73. The summed E-state index contributed by atoms with van der Waals surface area (Å²) in [5.74, 6) is 0.697. The Morgan fingerprint density at radius 1 is 1.60 bits per heavy atom. The first-order valence-corrected chi connectivity index (χ1v) is 5.95. The van der Waals surface area contributed by atoms with Gasteiger partial charge in [-0.2, -0.15) is 5.26 Å². The van der Waals surface area contributed by atoms with E-state index < -0.39 is 0 Å². The van der Waals surface area contributed by atoms with Gasteiger partial charge in [-0.05, 0) is 11.3 Å². The van der Waals surface area contributed by atoms with Gasteiger partial charge >= 0.3 is 0 Å². The maximum absolute atomic E-state index is 8.60. The summed E-state index contributed by atoms with van der Waals surface area (Å²) in [5, 5.41) is 13.6. The molecule has 0 aromatic carbocycles. The lowest BCUT2D eigenvalue weighted by Crippen LogP contribution is -2.26. The maximum atomic E-state index is 8.60. The quantitative estimate of drug-likeness (QED) is 0.792. The molecule has 0 spiro atoms. The van der Waals surface area contributed by atoms with Crippen LogP contribution in [0.3, 0.4) is 0 Å². The zero-order valence-corrected chi connectivity index (χ0v) is 10.8. The van der Waals surface area contributed by atoms with E-state index in [1.807, 2.05) is 6.07 Å². The van der Waals surface area contributed by atoms with E-state index in [0.717, 1.165) is 11.9 Å². The summed E-state index contributed by atoms with van der Waals surface area (Å²) in [5.41, 5.74) is 0.211. The first-order valence-electron chi connectivity index (χ1n) is 4.83. The monoisotopic (exact) mass is 270 g/mol. The van der Waals surface area contributed by atoms with Crippen molar-refractivity contribution in [3.05, 3.63) is 12.2 Å². The van der Waals surface area contributed by atoms with Gasteiger partial charge in [-0.3, -0.25) is 4.68 Å². The van der Waals surface area contributed by atoms with Gasteiger partial charge in [0.15, 0.2) is 0 Å². The van der Waals surface area contributed by atoms with Gasteiger partial charge in [0.05, 0.1) is 0 Å². The molecule has 1 unspecified atom stereocenters. The van der Waals surface area contributed by atoms with Gasteiger partial charge in [-0.25, -0.2) is 4.98 Å². The van der Waals surface area contributed by atoms with Crippen LogP contribution in [0.5, 0.6) is 0 Å². The molecule has 1 aromatic rings. The zero-order chi connectivity index (χ0) is 11.5. The van der Waals surface area contributed by atoms with Crippen LogP contribution in [0.15, 0.2) is 6.33 Å². The van der Waals surface area contributed by atoms with Gasteiger partial charge in [-0.15, -0.1) is 5.10 Å². The average Bonchev–Trinajstić information content (AvgIpc) is 2.59. The summed E-state index contributed by atoms with van der Waals surface area (Å²) in [7, 11) is 0. The lowest BCUT2D eigenvalue weighted by Gasteiger charge is -2.28. The molecular formula is C10H15BrN4. The molecular weight excluding hydrogens is 256 g/mol. The standard InChI is InChI=1S/C10H15BrN4/c1-10(2,3)8(4-11)6-15-7-13-9(5-12)14-15/h7-8H,4,6H2,1-3H3. The predicted octanol–water partition coefficient (Wildman–Crippen LogP) is 2.21. The van der Waals surface area contributed by atoms with Crippen molar-refractivity contribution in [1.82, 2.24) is 14.8 Å². The summed E-state index contributed by atoms with van der Waals surface area (Å²) in [6, 6.07) is 1.92. The van der Waals surface area contributed by atoms with Gasteiger partial charge in [0.2, 0.25) is 0 Å². The van der Waals surface area contributed by atoms with Crippen LogP contribution in [0, 0.1) is 22.7 Å². The molecule has 0 fully saturated rings. The minimum atomic E-state index is 0.211. The lowest BCUT2D eigenvalue weighted by molar-refractivity contribution is 0.232. The summed E-state index contributed by atoms with van der Waals surface area (Å²) in [6.45, 7) is 7.37. The molecule has 15 heavy (non-hydrogen) atoms. The van der Waals surface area contributed by atoms with E-state index in [1.54, 1.807) is 11.0 Å². The third-order valence-electron chi connectivity index (χ3n) is 2.45. The number of nitriles is 1. The zero-order valence-electron chi connectivity index (χ0n) is 9.24. The number of hydrogen-bond donors (Lipinski definition) is 0. The number of rotatable bonds is 3. The molecule has 0 radical (unpaired) electrons. The Labute approximate surface area is 98.4 Å². The highest BCUT2D eigenvalue weighted by Gasteiger charge is 2.24. The van der Waals surface area contributed by atoms with Crippen molar-refractivity contribution >= 4 is 15.9 Å². The number of halogens is 1. The molecule has 0 aliphatic heterocycles. The molecule has 1 atom stereocenters. The van der Waals surface area contributed by atoms with E-state index in [9.17, 15) is 0 Å². The van der Waals surface area contributed by atoms with Crippen LogP contribution in [-0.4, -0.2) is 20.1 Å². The van der Waals surface area contributed by atoms with Crippen LogP contribution in [0.4, 0.5) is 0 Å². The molecule has 0 aliphatic carbocycles. The van der Waals surface area contributed by atoms with E-state index in [4.69, 9.17) is 5.26 Å². The Balaban J connectivity index is 2.72. The highest BCUT2D eigenvalue weighted by molar-refractivity contribution is 9.09. The first-order chi connectivity index (χ1) is 6.97. The molecule has 5 heteroatoms. The highest BCUT2D eigenvalue weighted by atomic mass is 79.9. The van der Waals surface area contributed by atoms with Gasteiger partial charge < -0.3 is 0 Å². The van der Waals surface area contributed by atoms with Crippen LogP contribution < -0.4 is 0 Å². The summed E-state index contributed by atoms with van der Waals surface area (Å²) >= 11 is 3.51. The molecule has 1 aromatic heterocycles. The van der Waals surface area contributed by atoms with Gasteiger partial charge in [0.25, 0.3) is 5.82 Å². The minimum Gasteiger partial charge on any atom is -0.251 e. The van der Waals surface area contributed by atoms with Gasteiger partial charge in [-0.1, -0.05) is 36.7 Å². The van der Waals surface area contributed by atoms with Crippen molar-refractivity contribution in [2.75, 3.05) is 5.33 Å². The van der Waals surface area contributed by atoms with Crippen LogP contribution in [0.2, 0.25) is 0 Å². The maximum Gasteiger partial charge on any atom is 0.252 e. The van der Waals surface area contributed by atoms with Crippen LogP contribution in [0.25, 0.3) is 0 Å². The normalized spacial score (nSPS) is 13.5. The van der Waals surface area contributed by atoms with Crippen LogP contribution in [0.1, 0.15) is 26.6 Å². The van der Waals surface area contributed by atoms with Gasteiger partial charge in [0.1, 0.15) is 12.4 Å². The molecule has 0 bridgehead atoms. The van der Waals surface area contributed by atoms with Crippen molar-refractivity contribution in [2.24, 2.45) is 11.3 Å². The minimum absolute atomic E-state index is 0.211. The van der Waals surface area contributed by atoms with E-state index in [0.29, 0.717) is 5.92 Å². The molecule has 0 saturated heterocycles. The van der Waals surface area contributed by atoms with E-state index in [1.165, 1.54) is 0 Å². The number of hydrogen-bond acceptors (Lipinski definition) is 3. The Hall–Kier alpha value is -0.890. The Morgan fingerprint density at radius 2 is 2.27 bits per heavy atom. The molecule has 0 amide bonds. The smallest absolute Gasteiger partial charge is 0.251 e. The van der Waals surface area contributed by atoms with Crippen molar-refractivity contribution in [3.63, 3.8) is 0 Å². The predicted molar refractivity (Wildman–Crippen MR) is 61.5 cm³/mol. The second kappa shape index (κ2) is 4.75. The van der Waals surface area contributed by atoms with Crippen LogP contribution in [-0.2, 0) is 6.54 Å². The third-order valence-corrected chi connectivity index (χ3v) is 3.24. The van der Waals surface area contributed by atoms with E-state index >= 15 is 0 Å². The molecule has 0 N–H and O–H groups in total. The number of aromatic nitrogens is 3. The summed E-state index contributed by atoms with van der Waals surface area (Å²) in [6.07, 6.45) is 1.61. The second-order valence-electron chi connectivity index (χ2n) is 4.62. The lowest BCUT2D eigenvalue weighted by atomic mass is 9.82. The largest absolute Gasteiger partial charge is 0.252 e. The van der Waals surface area contributed by atoms with Gasteiger partial charge in [0, 0.05) is 11.9 Å². The first kappa shape index (κ1) is 12.2. The topological polar surface area (TPSA) is 54.5 Å². The third kappa shape index (κ3) is 3.31. The Kier molecular flexibility index (Phi) is 3.86. The van der Waals surface area contributed by atoms with Crippen molar-refractivity contribution in [2.45, 2.75) is 27.3 Å². The van der Waals surface area contributed by atoms with Crippen molar-refractivity contribution in [1.29, 1.82) is 5.26 Å². The summed E-state index contributed by atoms with van der Waals surface area (Å²) in [4.78, 5) is 3.88. The van der Waals surface area contributed by atoms with E-state index in [2.05, 4.69) is 46.8 Å². The molecule has 82 valence electrons. The fourth-order valence-electron chi connectivity index (χ4n) is 1.21. The SMILES string of the molecule is CC(C)(C)C(CBr)Cn1cnc(C#N)n1. The van der Waals surface area contributed by atoms with Crippen LogP contribution >= 0.6 is 15.9 Å². The highest BCUT2D eigenvalue weighted by Crippen LogP contribution is 2.28. The molecule has 4 nitrogen and oxygen atoms in total. The molecule has 0 saturated carbocycles.